The van der Waals surface area contributed by atoms with E-state index in [9.17, 15) is 14.7 Å². The number of amides is 1. The number of thioether (sulfide) groups is 1. The summed E-state index contributed by atoms with van der Waals surface area (Å²) in [6, 6.07) is 3.55. The van der Waals surface area contributed by atoms with Crippen molar-refractivity contribution in [2.24, 2.45) is 5.73 Å². The summed E-state index contributed by atoms with van der Waals surface area (Å²) in [6.45, 7) is 1.38. The second-order valence-electron chi connectivity index (χ2n) is 3.62. The van der Waals surface area contributed by atoms with Crippen LogP contribution >= 0.6 is 11.8 Å². The first-order valence-corrected chi connectivity index (χ1v) is 6.10. The van der Waals surface area contributed by atoms with E-state index in [4.69, 9.17) is 10.8 Å². The van der Waals surface area contributed by atoms with Crippen molar-refractivity contribution in [3.8, 4) is 5.75 Å². The van der Waals surface area contributed by atoms with Crippen LogP contribution < -0.4 is 11.1 Å². The smallest absolute Gasteiger partial charge is 0.321 e. The Labute approximate surface area is 108 Å². The number of hydrogen-bond acceptors (Lipinski definition) is 5. The SMILES string of the molecule is CC(=O)Nc1ccc(O)c(SC[C@H](N)C(=O)O)c1. The highest BCUT2D eigenvalue weighted by Crippen LogP contribution is 2.31. The Kier molecular flexibility index (Phi) is 4.99. The Hall–Kier alpha value is -1.73. The molecule has 1 atom stereocenters. The van der Waals surface area contributed by atoms with Gasteiger partial charge in [0.25, 0.3) is 0 Å². The molecule has 0 aliphatic heterocycles. The number of carboxylic acids is 1. The summed E-state index contributed by atoms with van der Waals surface area (Å²) >= 11 is 1.12. The third kappa shape index (κ3) is 4.27. The summed E-state index contributed by atoms with van der Waals surface area (Å²) in [6.07, 6.45) is 0. The third-order valence-corrected chi connectivity index (χ3v) is 3.18. The van der Waals surface area contributed by atoms with E-state index < -0.39 is 12.0 Å². The number of carbonyl (C=O) groups excluding carboxylic acids is 1. The molecule has 0 saturated heterocycles. The van der Waals surface area contributed by atoms with Crippen LogP contribution in [0.4, 0.5) is 5.69 Å². The highest BCUT2D eigenvalue weighted by molar-refractivity contribution is 7.99. The molecule has 0 saturated carbocycles. The van der Waals surface area contributed by atoms with Gasteiger partial charge in [0.15, 0.2) is 0 Å². The lowest BCUT2D eigenvalue weighted by molar-refractivity contribution is -0.137. The monoisotopic (exact) mass is 270 g/mol. The van der Waals surface area contributed by atoms with Crippen LogP contribution in [0.1, 0.15) is 6.92 Å². The molecule has 7 heteroatoms. The normalized spacial score (nSPS) is 11.9. The predicted molar refractivity (Wildman–Crippen MR) is 68.7 cm³/mol. The van der Waals surface area contributed by atoms with Gasteiger partial charge in [0.1, 0.15) is 11.8 Å². The molecule has 18 heavy (non-hydrogen) atoms. The number of nitrogens with one attached hydrogen (secondary N) is 1. The van der Waals surface area contributed by atoms with Crippen LogP contribution in [0.15, 0.2) is 23.1 Å². The largest absolute Gasteiger partial charge is 0.507 e. The zero-order valence-corrected chi connectivity index (χ0v) is 10.5. The molecule has 98 valence electrons. The molecule has 0 aromatic heterocycles. The predicted octanol–water partition coefficient (Wildman–Crippen LogP) is 0.855. The number of rotatable bonds is 5. The molecule has 0 fully saturated rings. The average Bonchev–Trinajstić information content (AvgIpc) is 2.28. The van der Waals surface area contributed by atoms with E-state index in [-0.39, 0.29) is 17.4 Å². The summed E-state index contributed by atoms with van der Waals surface area (Å²) in [5.74, 6) is -1.17. The van der Waals surface area contributed by atoms with E-state index >= 15 is 0 Å². The van der Waals surface area contributed by atoms with Gasteiger partial charge in [0.05, 0.1) is 4.90 Å². The van der Waals surface area contributed by atoms with Gasteiger partial charge in [0, 0.05) is 18.4 Å². The Bertz CT molecular complexity index is 464. The minimum atomic E-state index is -1.10. The molecule has 0 aliphatic carbocycles. The molecule has 0 radical (unpaired) electrons. The molecule has 6 nitrogen and oxygen atoms in total. The Morgan fingerprint density at radius 3 is 2.72 bits per heavy atom. The molecule has 0 bridgehead atoms. The quantitative estimate of drug-likeness (QED) is 0.466. The lowest BCUT2D eigenvalue weighted by atomic mass is 10.3. The summed E-state index contributed by atoms with van der Waals surface area (Å²) < 4.78 is 0. The molecule has 5 N–H and O–H groups in total. The molecule has 0 spiro atoms. The highest BCUT2D eigenvalue weighted by Gasteiger charge is 2.13. The summed E-state index contributed by atoms with van der Waals surface area (Å²) in [5.41, 5.74) is 5.90. The molecular weight excluding hydrogens is 256 g/mol. The number of carboxylic acid groups (broad SMARTS) is 1. The van der Waals surface area contributed by atoms with Gasteiger partial charge in [-0.2, -0.15) is 0 Å². The first-order chi connectivity index (χ1) is 8.40. The van der Waals surface area contributed by atoms with E-state index in [1.165, 1.54) is 13.0 Å². The van der Waals surface area contributed by atoms with E-state index in [1.807, 2.05) is 0 Å². The number of benzene rings is 1. The van der Waals surface area contributed by atoms with Crippen molar-refractivity contribution in [1.29, 1.82) is 0 Å². The van der Waals surface area contributed by atoms with Crippen LogP contribution in [0.3, 0.4) is 0 Å². The van der Waals surface area contributed by atoms with Gasteiger partial charge in [-0.15, -0.1) is 11.8 Å². The number of phenolic OH excluding ortho intramolecular Hbond substituents is 1. The highest BCUT2D eigenvalue weighted by atomic mass is 32.2. The fraction of sp³-hybridized carbons (Fsp3) is 0.273. The fourth-order valence-corrected chi connectivity index (χ4v) is 2.09. The minimum absolute atomic E-state index is 0.0201. The van der Waals surface area contributed by atoms with Gasteiger partial charge in [0.2, 0.25) is 5.91 Å². The van der Waals surface area contributed by atoms with Crippen LogP contribution in [-0.2, 0) is 9.59 Å². The number of aliphatic carboxylic acids is 1. The maximum atomic E-state index is 10.9. The molecule has 1 rings (SSSR count). The van der Waals surface area contributed by atoms with E-state index in [2.05, 4.69) is 5.32 Å². The maximum Gasteiger partial charge on any atom is 0.321 e. The van der Waals surface area contributed by atoms with Crippen molar-refractivity contribution in [1.82, 2.24) is 0 Å². The standard InChI is InChI=1S/C11H14N2O4S/c1-6(14)13-7-2-3-9(15)10(4-7)18-5-8(12)11(16)17/h2-4,8,15H,5,12H2,1H3,(H,13,14)(H,16,17)/t8-/m0/s1. The molecular formula is C11H14N2O4S. The molecule has 0 aliphatic rings. The summed E-state index contributed by atoms with van der Waals surface area (Å²) in [4.78, 5) is 21.9. The van der Waals surface area contributed by atoms with Crippen LogP contribution in [0.2, 0.25) is 0 Å². The van der Waals surface area contributed by atoms with E-state index in [0.29, 0.717) is 10.6 Å². The van der Waals surface area contributed by atoms with Gasteiger partial charge in [-0.3, -0.25) is 9.59 Å². The van der Waals surface area contributed by atoms with E-state index in [1.54, 1.807) is 12.1 Å². The molecule has 1 amide bonds. The number of nitrogens with two attached hydrogens (primary N) is 1. The van der Waals surface area contributed by atoms with Crippen molar-refractivity contribution in [3.63, 3.8) is 0 Å². The zero-order chi connectivity index (χ0) is 13.7. The first-order valence-electron chi connectivity index (χ1n) is 5.12. The van der Waals surface area contributed by atoms with E-state index in [0.717, 1.165) is 11.8 Å². The van der Waals surface area contributed by atoms with Crippen LogP contribution in [0.5, 0.6) is 5.75 Å². The number of hydrogen-bond donors (Lipinski definition) is 4. The maximum absolute atomic E-state index is 10.9. The van der Waals surface area contributed by atoms with Gasteiger partial charge >= 0.3 is 5.97 Å². The number of aromatic hydroxyl groups is 1. The molecule has 1 aromatic rings. The van der Waals surface area contributed by atoms with Crippen molar-refractivity contribution >= 4 is 29.3 Å². The van der Waals surface area contributed by atoms with Crippen LogP contribution in [0.25, 0.3) is 0 Å². The first kappa shape index (κ1) is 14.3. The van der Waals surface area contributed by atoms with Crippen molar-refractivity contribution in [2.75, 3.05) is 11.1 Å². The van der Waals surface area contributed by atoms with Crippen molar-refractivity contribution in [2.45, 2.75) is 17.9 Å². The number of phenols is 1. The second-order valence-corrected chi connectivity index (χ2v) is 4.68. The third-order valence-electron chi connectivity index (χ3n) is 2.02. The summed E-state index contributed by atoms with van der Waals surface area (Å²) in [7, 11) is 0. The second kappa shape index (κ2) is 6.27. The Morgan fingerprint density at radius 2 is 2.17 bits per heavy atom. The van der Waals surface area contributed by atoms with Crippen LogP contribution in [0, 0.1) is 0 Å². The lowest BCUT2D eigenvalue weighted by Gasteiger charge is -2.09. The number of carbonyl (C=O) groups is 2. The van der Waals surface area contributed by atoms with Gasteiger partial charge in [-0.1, -0.05) is 0 Å². The molecule has 1 aromatic carbocycles. The van der Waals surface area contributed by atoms with Crippen LogP contribution in [-0.4, -0.2) is 33.9 Å². The fourth-order valence-electron chi connectivity index (χ4n) is 1.16. The average molecular weight is 270 g/mol. The van der Waals surface area contributed by atoms with Gasteiger partial charge < -0.3 is 21.3 Å². The van der Waals surface area contributed by atoms with Crippen molar-refractivity contribution < 1.29 is 19.8 Å². The zero-order valence-electron chi connectivity index (χ0n) is 9.71. The Morgan fingerprint density at radius 1 is 1.50 bits per heavy atom. The number of anilines is 1. The topological polar surface area (TPSA) is 113 Å². The minimum Gasteiger partial charge on any atom is -0.507 e. The molecule has 0 heterocycles. The Balaban J connectivity index is 2.75. The van der Waals surface area contributed by atoms with Gasteiger partial charge in [-0.25, -0.2) is 0 Å². The van der Waals surface area contributed by atoms with Crippen molar-refractivity contribution in [3.05, 3.63) is 18.2 Å². The molecule has 0 unspecified atom stereocenters. The lowest BCUT2D eigenvalue weighted by Crippen LogP contribution is -2.32. The summed E-state index contributed by atoms with van der Waals surface area (Å²) in [5, 5.41) is 20.8. The van der Waals surface area contributed by atoms with Gasteiger partial charge in [-0.05, 0) is 18.2 Å².